The van der Waals surface area contributed by atoms with Gasteiger partial charge in [-0.05, 0) is 18.9 Å². The maximum absolute atomic E-state index is 11.8. The van der Waals surface area contributed by atoms with Gasteiger partial charge in [0.2, 0.25) is 17.7 Å². The van der Waals surface area contributed by atoms with Crippen LogP contribution in [0.5, 0.6) is 5.88 Å². The number of ether oxygens (including phenoxy) is 1. The predicted octanol–water partition coefficient (Wildman–Crippen LogP) is 2.16. The Morgan fingerprint density at radius 1 is 1.52 bits per heavy atom. The molecule has 2 aromatic rings. The molecule has 0 bridgehead atoms. The second-order valence-electron chi connectivity index (χ2n) is 5.74. The number of nitrogens with zero attached hydrogens (tertiary/aromatic N) is 5. The maximum atomic E-state index is 11.8. The Labute approximate surface area is 150 Å². The Bertz CT molecular complexity index is 778. The van der Waals surface area contributed by atoms with Gasteiger partial charge in [0.15, 0.2) is 0 Å². The fraction of sp³-hybridized carbons (Fsp3) is 0.375. The standard InChI is InChI=1S/C16H19ClN6O2/c1-3-14(24)23-6-4-5-12(10-23)25-15-13(17)8-18-16(21-15)20-11-7-19-22(2)9-11/h3,7-9,12H,1,4-6,10H2,2H3,(H,18,20,21). The number of carbonyl (C=O) groups excluding carboxylic acids is 1. The monoisotopic (exact) mass is 362 g/mol. The summed E-state index contributed by atoms with van der Waals surface area (Å²) < 4.78 is 7.59. The molecule has 0 spiro atoms. The van der Waals surface area contributed by atoms with Crippen LogP contribution in [0.2, 0.25) is 5.02 Å². The number of aryl methyl sites for hydroxylation is 1. The van der Waals surface area contributed by atoms with Crippen molar-refractivity contribution < 1.29 is 9.53 Å². The van der Waals surface area contributed by atoms with Gasteiger partial charge in [0.05, 0.1) is 24.6 Å². The molecule has 1 unspecified atom stereocenters. The van der Waals surface area contributed by atoms with Crippen molar-refractivity contribution in [3.63, 3.8) is 0 Å². The second kappa shape index (κ2) is 7.52. The molecule has 3 rings (SSSR count). The van der Waals surface area contributed by atoms with Crippen LogP contribution in [-0.2, 0) is 11.8 Å². The normalized spacial score (nSPS) is 17.2. The summed E-state index contributed by atoms with van der Waals surface area (Å²) in [6.45, 7) is 4.71. The summed E-state index contributed by atoms with van der Waals surface area (Å²) in [4.78, 5) is 22.0. The van der Waals surface area contributed by atoms with Gasteiger partial charge >= 0.3 is 0 Å². The average Bonchev–Trinajstić information content (AvgIpc) is 3.02. The van der Waals surface area contributed by atoms with Crippen molar-refractivity contribution in [1.29, 1.82) is 0 Å². The maximum Gasteiger partial charge on any atom is 0.246 e. The third-order valence-electron chi connectivity index (χ3n) is 3.82. The summed E-state index contributed by atoms with van der Waals surface area (Å²) in [6, 6.07) is 0. The topological polar surface area (TPSA) is 85.2 Å². The lowest BCUT2D eigenvalue weighted by atomic mass is 10.1. The number of halogens is 1. The van der Waals surface area contributed by atoms with E-state index in [2.05, 4.69) is 27.0 Å². The van der Waals surface area contributed by atoms with Crippen molar-refractivity contribution in [3.8, 4) is 5.88 Å². The van der Waals surface area contributed by atoms with Crippen molar-refractivity contribution in [2.45, 2.75) is 18.9 Å². The van der Waals surface area contributed by atoms with Crippen LogP contribution in [0.15, 0.2) is 31.2 Å². The number of hydrogen-bond donors (Lipinski definition) is 1. The lowest BCUT2D eigenvalue weighted by Gasteiger charge is -2.32. The number of likely N-dealkylation sites (tertiary alicyclic amines) is 1. The summed E-state index contributed by atoms with van der Waals surface area (Å²) in [5, 5.41) is 7.44. The molecule has 1 aliphatic heterocycles. The van der Waals surface area contributed by atoms with Crippen LogP contribution in [-0.4, -0.2) is 49.7 Å². The van der Waals surface area contributed by atoms with E-state index in [-0.39, 0.29) is 12.0 Å². The minimum atomic E-state index is -0.170. The Balaban J connectivity index is 1.70. The Morgan fingerprint density at radius 2 is 2.36 bits per heavy atom. The van der Waals surface area contributed by atoms with Crippen molar-refractivity contribution in [2.75, 3.05) is 18.4 Å². The zero-order chi connectivity index (χ0) is 17.8. The lowest BCUT2D eigenvalue weighted by Crippen LogP contribution is -2.43. The average molecular weight is 363 g/mol. The minimum Gasteiger partial charge on any atom is -0.471 e. The number of hydrogen-bond acceptors (Lipinski definition) is 6. The van der Waals surface area contributed by atoms with Gasteiger partial charge in [-0.2, -0.15) is 10.1 Å². The highest BCUT2D eigenvalue weighted by Gasteiger charge is 2.24. The summed E-state index contributed by atoms with van der Waals surface area (Å²) in [6.07, 6.45) is 7.78. The highest BCUT2D eigenvalue weighted by molar-refractivity contribution is 6.31. The quantitative estimate of drug-likeness (QED) is 0.820. The molecule has 25 heavy (non-hydrogen) atoms. The highest BCUT2D eigenvalue weighted by atomic mass is 35.5. The van der Waals surface area contributed by atoms with Gasteiger partial charge < -0.3 is 15.0 Å². The van der Waals surface area contributed by atoms with E-state index in [1.807, 2.05) is 7.05 Å². The molecule has 0 radical (unpaired) electrons. The van der Waals surface area contributed by atoms with Crippen LogP contribution in [0.1, 0.15) is 12.8 Å². The van der Waals surface area contributed by atoms with Crippen molar-refractivity contribution in [1.82, 2.24) is 24.6 Å². The summed E-state index contributed by atoms with van der Waals surface area (Å²) >= 11 is 6.16. The third kappa shape index (κ3) is 4.27. The molecule has 1 saturated heterocycles. The van der Waals surface area contributed by atoms with E-state index in [4.69, 9.17) is 16.3 Å². The SMILES string of the molecule is C=CC(=O)N1CCCC(Oc2nc(Nc3cnn(C)c3)ncc2Cl)C1. The first-order valence-corrected chi connectivity index (χ1v) is 8.29. The molecule has 132 valence electrons. The summed E-state index contributed by atoms with van der Waals surface area (Å²) in [5.74, 6) is 0.559. The molecule has 9 heteroatoms. The first-order chi connectivity index (χ1) is 12.0. The predicted molar refractivity (Wildman–Crippen MR) is 94.0 cm³/mol. The summed E-state index contributed by atoms with van der Waals surface area (Å²) in [5.41, 5.74) is 0.760. The van der Waals surface area contributed by atoms with Crippen LogP contribution in [0, 0.1) is 0 Å². The molecule has 0 aromatic carbocycles. The number of aromatic nitrogens is 4. The number of rotatable bonds is 5. The van der Waals surface area contributed by atoms with Crippen molar-refractivity contribution in [2.24, 2.45) is 7.05 Å². The molecule has 1 N–H and O–H groups in total. The molecular formula is C16H19ClN6O2. The molecule has 1 aliphatic rings. The zero-order valence-electron chi connectivity index (χ0n) is 13.9. The number of amides is 1. The van der Waals surface area contributed by atoms with Gasteiger partial charge in [0.1, 0.15) is 11.1 Å². The van der Waals surface area contributed by atoms with E-state index >= 15 is 0 Å². The van der Waals surface area contributed by atoms with Crippen molar-refractivity contribution >= 4 is 29.1 Å². The van der Waals surface area contributed by atoms with E-state index in [1.54, 1.807) is 22.0 Å². The smallest absolute Gasteiger partial charge is 0.246 e. The van der Waals surface area contributed by atoms with Crippen LogP contribution in [0.25, 0.3) is 0 Å². The van der Waals surface area contributed by atoms with E-state index in [1.165, 1.54) is 12.3 Å². The molecule has 1 amide bonds. The lowest BCUT2D eigenvalue weighted by molar-refractivity contribution is -0.128. The van der Waals surface area contributed by atoms with Gasteiger partial charge in [-0.25, -0.2) is 4.98 Å². The van der Waals surface area contributed by atoms with Gasteiger partial charge in [0.25, 0.3) is 0 Å². The number of carbonyl (C=O) groups is 1. The Kier molecular flexibility index (Phi) is 5.18. The molecular weight excluding hydrogens is 344 g/mol. The first kappa shape index (κ1) is 17.2. The van der Waals surface area contributed by atoms with Crippen LogP contribution in [0.3, 0.4) is 0 Å². The van der Waals surface area contributed by atoms with E-state index in [0.29, 0.717) is 29.9 Å². The fourth-order valence-corrected chi connectivity index (χ4v) is 2.77. The van der Waals surface area contributed by atoms with Crippen LogP contribution >= 0.6 is 11.6 Å². The molecule has 0 saturated carbocycles. The Hall–Kier alpha value is -2.61. The van der Waals surface area contributed by atoms with Gasteiger partial charge in [-0.15, -0.1) is 0 Å². The third-order valence-corrected chi connectivity index (χ3v) is 4.07. The zero-order valence-corrected chi connectivity index (χ0v) is 14.6. The molecule has 3 heterocycles. The largest absolute Gasteiger partial charge is 0.471 e. The van der Waals surface area contributed by atoms with Gasteiger partial charge in [-0.1, -0.05) is 18.2 Å². The van der Waals surface area contributed by atoms with E-state index in [9.17, 15) is 4.79 Å². The molecule has 2 aromatic heterocycles. The first-order valence-electron chi connectivity index (χ1n) is 7.91. The summed E-state index contributed by atoms with van der Waals surface area (Å²) in [7, 11) is 1.82. The molecule has 1 atom stereocenters. The van der Waals surface area contributed by atoms with Gasteiger partial charge in [0, 0.05) is 19.8 Å². The number of nitrogens with one attached hydrogen (secondary N) is 1. The minimum absolute atomic E-state index is 0.0963. The molecule has 8 nitrogen and oxygen atoms in total. The van der Waals surface area contributed by atoms with E-state index < -0.39 is 0 Å². The van der Waals surface area contributed by atoms with Crippen LogP contribution < -0.4 is 10.1 Å². The fourth-order valence-electron chi connectivity index (χ4n) is 2.63. The van der Waals surface area contributed by atoms with Crippen LogP contribution in [0.4, 0.5) is 11.6 Å². The van der Waals surface area contributed by atoms with Gasteiger partial charge in [-0.3, -0.25) is 9.48 Å². The highest BCUT2D eigenvalue weighted by Crippen LogP contribution is 2.26. The Morgan fingerprint density at radius 3 is 3.08 bits per heavy atom. The number of piperidine rings is 1. The molecule has 1 fully saturated rings. The second-order valence-corrected chi connectivity index (χ2v) is 6.15. The molecule has 0 aliphatic carbocycles. The number of anilines is 2. The van der Waals surface area contributed by atoms with Crippen molar-refractivity contribution in [3.05, 3.63) is 36.3 Å². The van der Waals surface area contributed by atoms with E-state index in [0.717, 1.165) is 18.5 Å².